The van der Waals surface area contributed by atoms with Crippen LogP contribution in [0, 0.1) is 6.92 Å². The summed E-state index contributed by atoms with van der Waals surface area (Å²) >= 11 is 6.71. The smallest absolute Gasteiger partial charge is 0.182 e. The van der Waals surface area contributed by atoms with Gasteiger partial charge in [0.2, 0.25) is 0 Å². The van der Waals surface area contributed by atoms with E-state index in [2.05, 4.69) is 35.1 Å². The molecule has 1 saturated heterocycles. The van der Waals surface area contributed by atoms with Crippen molar-refractivity contribution in [2.45, 2.75) is 13.3 Å². The molecule has 0 saturated carbocycles. The van der Waals surface area contributed by atoms with Crippen molar-refractivity contribution < 1.29 is 9.47 Å². The first kappa shape index (κ1) is 23.5. The minimum Gasteiger partial charge on any atom is -0.491 e. The molecule has 9 nitrogen and oxygen atoms in total. The molecule has 5 rings (SSSR count). The Balaban J connectivity index is 1.39. The van der Waals surface area contributed by atoms with E-state index >= 15 is 0 Å². The maximum Gasteiger partial charge on any atom is 0.182 e. The van der Waals surface area contributed by atoms with Crippen LogP contribution in [0.1, 0.15) is 11.1 Å². The topological polar surface area (TPSA) is 101 Å². The monoisotopic (exact) mass is 493 g/mol. The first-order valence-electron chi connectivity index (χ1n) is 11.7. The molecule has 10 heteroatoms. The van der Waals surface area contributed by atoms with Crippen LogP contribution in [0.2, 0.25) is 5.02 Å². The summed E-state index contributed by atoms with van der Waals surface area (Å²) < 4.78 is 12.0. The first-order valence-corrected chi connectivity index (χ1v) is 12.1. The lowest BCUT2D eigenvalue weighted by Crippen LogP contribution is -2.38. The predicted molar refractivity (Wildman–Crippen MR) is 136 cm³/mol. The number of H-pyrrole nitrogens is 1. The lowest BCUT2D eigenvalue weighted by atomic mass is 9.95. The summed E-state index contributed by atoms with van der Waals surface area (Å²) in [7, 11) is 0. The fourth-order valence-corrected chi connectivity index (χ4v) is 4.54. The number of nitrogens with zero attached hydrogens (tertiary/aromatic N) is 5. The fraction of sp³-hybridized carbons (Fsp3) is 0.360. The summed E-state index contributed by atoms with van der Waals surface area (Å²) in [6, 6.07) is 6.00. The molecule has 4 heterocycles. The van der Waals surface area contributed by atoms with Gasteiger partial charge >= 0.3 is 0 Å². The van der Waals surface area contributed by atoms with Crippen LogP contribution in [0.5, 0.6) is 5.75 Å². The molecule has 0 bridgehead atoms. The number of aromatic amines is 1. The van der Waals surface area contributed by atoms with Gasteiger partial charge in [0.15, 0.2) is 11.5 Å². The van der Waals surface area contributed by atoms with E-state index in [1.807, 2.05) is 25.1 Å². The van der Waals surface area contributed by atoms with Crippen molar-refractivity contribution in [3.63, 3.8) is 0 Å². The number of anilines is 1. The van der Waals surface area contributed by atoms with E-state index in [0.717, 1.165) is 72.2 Å². The number of morpholine rings is 1. The molecule has 1 aromatic carbocycles. The molecule has 0 radical (unpaired) electrons. The number of aromatic nitrogens is 5. The van der Waals surface area contributed by atoms with Gasteiger partial charge in [-0.2, -0.15) is 0 Å². The lowest BCUT2D eigenvalue weighted by Gasteiger charge is -2.27. The summed E-state index contributed by atoms with van der Waals surface area (Å²) in [6.07, 6.45) is 7.41. The Bertz CT molecular complexity index is 1280. The van der Waals surface area contributed by atoms with Crippen molar-refractivity contribution in [1.29, 1.82) is 0 Å². The number of benzene rings is 1. The molecular formula is C25H28ClN7O2. The van der Waals surface area contributed by atoms with Crippen LogP contribution in [0.15, 0.2) is 43.2 Å². The van der Waals surface area contributed by atoms with Gasteiger partial charge in [-0.1, -0.05) is 11.6 Å². The molecule has 0 atom stereocenters. The largest absolute Gasteiger partial charge is 0.491 e. The van der Waals surface area contributed by atoms with Crippen molar-refractivity contribution in [2.24, 2.45) is 0 Å². The predicted octanol–water partition coefficient (Wildman–Crippen LogP) is 3.74. The standard InChI is InChI=1S/C25H28ClN7O2/c1-17-20(26)14-19(4-7-28-24-22-25(30-15-29-22)32-16-31-24)23(21(17)18-2-5-27-6-3-18)35-13-10-33-8-11-34-12-9-33/h2-3,5-6,14-16H,4,7-13H2,1H3,(H2,28,29,30,31,32). The van der Waals surface area contributed by atoms with Gasteiger partial charge in [-0.25, -0.2) is 15.0 Å². The Morgan fingerprint density at radius 1 is 1.17 bits per heavy atom. The first-order chi connectivity index (χ1) is 17.2. The normalized spacial score (nSPS) is 14.3. The van der Waals surface area contributed by atoms with E-state index in [9.17, 15) is 0 Å². The van der Waals surface area contributed by atoms with E-state index in [0.29, 0.717) is 30.2 Å². The molecule has 182 valence electrons. The summed E-state index contributed by atoms with van der Waals surface area (Å²) in [4.78, 5) is 22.4. The highest BCUT2D eigenvalue weighted by Crippen LogP contribution is 2.40. The second-order valence-electron chi connectivity index (χ2n) is 8.39. The van der Waals surface area contributed by atoms with Gasteiger partial charge in [0.05, 0.1) is 19.5 Å². The number of hydrogen-bond donors (Lipinski definition) is 2. The van der Waals surface area contributed by atoms with Crippen LogP contribution < -0.4 is 10.1 Å². The number of halogens is 1. The molecule has 1 aliphatic rings. The Labute approximate surface area is 208 Å². The van der Waals surface area contributed by atoms with Gasteiger partial charge in [0.25, 0.3) is 0 Å². The second-order valence-corrected chi connectivity index (χ2v) is 8.79. The zero-order chi connectivity index (χ0) is 24.0. The van der Waals surface area contributed by atoms with Gasteiger partial charge in [-0.3, -0.25) is 9.88 Å². The molecule has 0 amide bonds. The average molecular weight is 494 g/mol. The third kappa shape index (κ3) is 5.37. The number of nitrogens with one attached hydrogen (secondary N) is 2. The molecule has 0 unspecified atom stereocenters. The summed E-state index contributed by atoms with van der Waals surface area (Å²) in [5, 5.41) is 4.11. The van der Waals surface area contributed by atoms with Crippen LogP contribution in [0.3, 0.4) is 0 Å². The highest BCUT2D eigenvalue weighted by atomic mass is 35.5. The molecule has 1 fully saturated rings. The summed E-state index contributed by atoms with van der Waals surface area (Å²) in [6.45, 7) is 7.50. The van der Waals surface area contributed by atoms with E-state index in [-0.39, 0.29) is 0 Å². The second kappa shape index (κ2) is 11.0. The quantitative estimate of drug-likeness (QED) is 0.363. The lowest BCUT2D eigenvalue weighted by molar-refractivity contribution is 0.0322. The molecule has 0 spiro atoms. The number of fused-ring (bicyclic) bond motifs is 1. The molecule has 35 heavy (non-hydrogen) atoms. The van der Waals surface area contributed by atoms with Crippen molar-refractivity contribution in [1.82, 2.24) is 29.8 Å². The molecule has 3 aromatic heterocycles. The van der Waals surface area contributed by atoms with Crippen LogP contribution >= 0.6 is 11.6 Å². The fourth-order valence-electron chi connectivity index (χ4n) is 4.31. The van der Waals surface area contributed by atoms with Crippen LogP contribution in [0.25, 0.3) is 22.3 Å². The molecule has 0 aliphatic carbocycles. The summed E-state index contributed by atoms with van der Waals surface area (Å²) in [5.41, 5.74) is 5.49. The maximum absolute atomic E-state index is 6.71. The minimum absolute atomic E-state index is 0.584. The molecule has 1 aliphatic heterocycles. The molecular weight excluding hydrogens is 466 g/mol. The SMILES string of the molecule is Cc1c(Cl)cc(CCNc2ncnc3nc[nH]c23)c(OCCN2CCOCC2)c1-c1ccncc1. The number of rotatable bonds is 9. The minimum atomic E-state index is 0.584. The zero-order valence-corrected chi connectivity index (χ0v) is 20.4. The van der Waals surface area contributed by atoms with Gasteiger partial charge in [-0.05, 0) is 48.2 Å². The number of hydrogen-bond acceptors (Lipinski definition) is 8. The van der Waals surface area contributed by atoms with Crippen molar-refractivity contribution in [3.8, 4) is 16.9 Å². The molecule has 4 aromatic rings. The van der Waals surface area contributed by atoms with Crippen molar-refractivity contribution >= 4 is 28.6 Å². The van der Waals surface area contributed by atoms with Gasteiger partial charge < -0.3 is 19.8 Å². The Morgan fingerprint density at radius 2 is 2.00 bits per heavy atom. The third-order valence-corrected chi connectivity index (χ3v) is 6.58. The highest BCUT2D eigenvalue weighted by molar-refractivity contribution is 6.32. The van der Waals surface area contributed by atoms with E-state index in [1.54, 1.807) is 18.7 Å². The number of imidazole rings is 1. The van der Waals surface area contributed by atoms with Crippen molar-refractivity contribution in [3.05, 3.63) is 59.4 Å². The third-order valence-electron chi connectivity index (χ3n) is 6.19. The van der Waals surface area contributed by atoms with Crippen LogP contribution in [-0.4, -0.2) is 75.8 Å². The van der Waals surface area contributed by atoms with Gasteiger partial charge in [0.1, 0.15) is 24.2 Å². The Morgan fingerprint density at radius 3 is 2.83 bits per heavy atom. The van der Waals surface area contributed by atoms with Gasteiger partial charge in [0, 0.05) is 49.2 Å². The van der Waals surface area contributed by atoms with Crippen molar-refractivity contribution in [2.75, 3.05) is 51.3 Å². The molecule has 2 N–H and O–H groups in total. The number of pyridine rings is 1. The highest BCUT2D eigenvalue weighted by Gasteiger charge is 2.19. The zero-order valence-electron chi connectivity index (χ0n) is 19.6. The maximum atomic E-state index is 6.71. The van der Waals surface area contributed by atoms with E-state index in [1.165, 1.54) is 6.33 Å². The van der Waals surface area contributed by atoms with Gasteiger partial charge in [-0.15, -0.1) is 0 Å². The van der Waals surface area contributed by atoms with Crippen LogP contribution in [0.4, 0.5) is 5.82 Å². The van der Waals surface area contributed by atoms with E-state index in [4.69, 9.17) is 21.1 Å². The summed E-state index contributed by atoms with van der Waals surface area (Å²) in [5.74, 6) is 1.58. The average Bonchev–Trinajstić information content (AvgIpc) is 3.38. The Kier molecular flexibility index (Phi) is 7.37. The van der Waals surface area contributed by atoms with Crippen LogP contribution in [-0.2, 0) is 11.2 Å². The Hall–Kier alpha value is -3.27. The van der Waals surface area contributed by atoms with E-state index < -0.39 is 0 Å². The number of ether oxygens (including phenoxy) is 2.